The fourth-order valence-corrected chi connectivity index (χ4v) is 4.72. The highest BCUT2D eigenvalue weighted by Crippen LogP contribution is 2.42. The Labute approximate surface area is 137 Å². The molecule has 2 saturated heterocycles. The van der Waals surface area contributed by atoms with E-state index in [0.29, 0.717) is 0 Å². The molecule has 2 fully saturated rings. The van der Waals surface area contributed by atoms with Crippen LogP contribution in [0.3, 0.4) is 0 Å². The van der Waals surface area contributed by atoms with Gasteiger partial charge >= 0.3 is 5.97 Å². The zero-order chi connectivity index (χ0) is 17.7. The molecule has 2 aliphatic heterocycles. The van der Waals surface area contributed by atoms with Gasteiger partial charge in [0, 0.05) is 19.6 Å². The third kappa shape index (κ3) is 2.25. The van der Waals surface area contributed by atoms with Gasteiger partial charge < -0.3 is 15.2 Å². The lowest BCUT2D eigenvalue weighted by Gasteiger charge is -2.21. The maximum absolute atomic E-state index is 13.8. The fourth-order valence-electron chi connectivity index (χ4n) is 3.18. The number of fused-ring (bicyclic) bond motifs is 1. The lowest BCUT2D eigenvalue weighted by atomic mass is 9.81. The molecule has 0 spiro atoms. The summed E-state index contributed by atoms with van der Waals surface area (Å²) in [7, 11) is -2.88. The van der Waals surface area contributed by atoms with Gasteiger partial charge in [0.15, 0.2) is 11.6 Å². The van der Waals surface area contributed by atoms with Crippen LogP contribution in [0, 0.1) is 17.2 Å². The third-order valence-electron chi connectivity index (χ3n) is 4.59. The van der Waals surface area contributed by atoms with Gasteiger partial charge in [0.2, 0.25) is 15.9 Å². The van der Waals surface area contributed by atoms with Gasteiger partial charge in [0.05, 0.1) is 17.9 Å². The molecule has 0 aromatic heterocycles. The number of hydrogen-bond donors (Lipinski definition) is 2. The molecule has 2 N–H and O–H groups in total. The number of nitrogens with one attached hydrogen (secondary N) is 1. The number of rotatable bonds is 4. The Kier molecular flexibility index (Phi) is 3.76. The number of aliphatic carboxylic acids is 1. The largest absolute Gasteiger partial charge is 0.494 e. The number of nitrogens with zero attached hydrogens (tertiary/aromatic N) is 1. The number of methoxy groups -OCH3 is 1. The van der Waals surface area contributed by atoms with Crippen molar-refractivity contribution in [3.8, 4) is 5.75 Å². The van der Waals surface area contributed by atoms with Crippen LogP contribution in [0.25, 0.3) is 0 Å². The lowest BCUT2D eigenvalue weighted by molar-refractivity contribution is -0.149. The van der Waals surface area contributed by atoms with E-state index in [0.717, 1.165) is 10.4 Å². The summed E-state index contributed by atoms with van der Waals surface area (Å²) < 4.78 is 44.8. The molecule has 3 rings (SSSR count). The summed E-state index contributed by atoms with van der Waals surface area (Å²) in [5.74, 6) is -3.63. The van der Waals surface area contributed by atoms with E-state index in [1.165, 1.54) is 19.2 Å². The summed E-state index contributed by atoms with van der Waals surface area (Å²) in [6.07, 6.45) is 0. The van der Waals surface area contributed by atoms with Gasteiger partial charge in [-0.25, -0.2) is 12.8 Å². The maximum atomic E-state index is 13.8. The molecule has 130 valence electrons. The van der Waals surface area contributed by atoms with Crippen LogP contribution < -0.4 is 10.1 Å². The average molecular weight is 358 g/mol. The Morgan fingerprint density at radius 3 is 2.75 bits per heavy atom. The summed E-state index contributed by atoms with van der Waals surface area (Å²) in [4.78, 5) is 23.1. The standard InChI is InChI=1S/C14H15FN2O6S/c1-23-11-3-2-8(4-10(11)15)24(21,22)17-5-9-12(18)16-6-14(9,7-17)13(19)20/h2-4,9H,5-7H2,1H3,(H,16,18)(H,19,20)/t9-,14+/m1/s1. The van der Waals surface area contributed by atoms with Crippen LogP contribution in [-0.4, -0.2) is 56.5 Å². The Morgan fingerprint density at radius 1 is 1.50 bits per heavy atom. The summed E-state index contributed by atoms with van der Waals surface area (Å²) in [5.41, 5.74) is -1.49. The summed E-state index contributed by atoms with van der Waals surface area (Å²) in [6.45, 7) is -0.731. The van der Waals surface area contributed by atoms with Gasteiger partial charge in [-0.15, -0.1) is 0 Å². The van der Waals surface area contributed by atoms with E-state index >= 15 is 0 Å². The van der Waals surface area contributed by atoms with Crippen LogP contribution in [0.4, 0.5) is 4.39 Å². The number of carboxylic acids is 1. The van der Waals surface area contributed by atoms with Gasteiger partial charge in [-0.05, 0) is 18.2 Å². The minimum atomic E-state index is -4.13. The zero-order valence-corrected chi connectivity index (χ0v) is 13.5. The van der Waals surface area contributed by atoms with Crippen LogP contribution in [0.2, 0.25) is 0 Å². The zero-order valence-electron chi connectivity index (χ0n) is 12.7. The minimum absolute atomic E-state index is 0.103. The fraction of sp³-hybridized carbons (Fsp3) is 0.429. The monoisotopic (exact) mass is 358 g/mol. The first kappa shape index (κ1) is 16.7. The SMILES string of the molecule is COc1ccc(S(=O)(=O)N2C[C@@H]3C(=O)NC[C@]3(C(=O)O)C2)cc1F. The van der Waals surface area contributed by atoms with E-state index in [9.17, 15) is 27.5 Å². The Morgan fingerprint density at radius 2 is 2.21 bits per heavy atom. The molecule has 0 radical (unpaired) electrons. The van der Waals surface area contributed by atoms with E-state index in [2.05, 4.69) is 5.32 Å². The Balaban J connectivity index is 1.96. The number of benzene rings is 1. The van der Waals surface area contributed by atoms with Gasteiger partial charge in [0.25, 0.3) is 0 Å². The van der Waals surface area contributed by atoms with E-state index < -0.39 is 39.0 Å². The van der Waals surface area contributed by atoms with Crippen molar-refractivity contribution in [2.75, 3.05) is 26.7 Å². The molecule has 0 saturated carbocycles. The number of ether oxygens (including phenoxy) is 1. The van der Waals surface area contributed by atoms with Crippen LogP contribution in [-0.2, 0) is 19.6 Å². The maximum Gasteiger partial charge on any atom is 0.313 e. The number of halogens is 1. The Hall–Kier alpha value is -2.20. The first-order valence-corrected chi connectivity index (χ1v) is 8.51. The molecule has 24 heavy (non-hydrogen) atoms. The number of hydrogen-bond acceptors (Lipinski definition) is 5. The predicted molar refractivity (Wildman–Crippen MR) is 78.3 cm³/mol. The molecule has 1 aromatic rings. The summed E-state index contributed by atoms with van der Waals surface area (Å²) in [6, 6.07) is 3.17. The average Bonchev–Trinajstić information content (AvgIpc) is 3.07. The van der Waals surface area contributed by atoms with Crippen molar-refractivity contribution in [3.63, 3.8) is 0 Å². The first-order valence-electron chi connectivity index (χ1n) is 7.07. The second-order valence-electron chi connectivity index (χ2n) is 5.83. The van der Waals surface area contributed by atoms with Gasteiger partial charge in [0.1, 0.15) is 5.41 Å². The number of carboxylic acid groups (broad SMARTS) is 1. The molecule has 0 unspecified atom stereocenters. The smallest absolute Gasteiger partial charge is 0.313 e. The normalized spacial score (nSPS) is 26.9. The van der Waals surface area contributed by atoms with Crippen molar-refractivity contribution in [1.82, 2.24) is 9.62 Å². The quantitative estimate of drug-likeness (QED) is 0.761. The lowest BCUT2D eigenvalue weighted by Crippen LogP contribution is -2.41. The van der Waals surface area contributed by atoms with Crippen molar-refractivity contribution in [2.45, 2.75) is 4.90 Å². The molecule has 1 amide bonds. The predicted octanol–water partition coefficient (Wildman–Crippen LogP) is -0.344. The molecular weight excluding hydrogens is 343 g/mol. The third-order valence-corrected chi connectivity index (χ3v) is 6.40. The van der Waals surface area contributed by atoms with Gasteiger partial charge in [-0.1, -0.05) is 0 Å². The highest BCUT2D eigenvalue weighted by Gasteiger charge is 2.61. The number of carbonyl (C=O) groups is 2. The summed E-state index contributed by atoms with van der Waals surface area (Å²) >= 11 is 0. The molecule has 2 aliphatic rings. The van der Waals surface area contributed by atoms with Crippen LogP contribution >= 0.6 is 0 Å². The Bertz CT molecular complexity index is 827. The number of carbonyl (C=O) groups excluding carboxylic acids is 1. The van der Waals surface area contributed by atoms with Crippen molar-refractivity contribution in [2.24, 2.45) is 11.3 Å². The molecule has 1 aromatic carbocycles. The summed E-state index contributed by atoms with van der Waals surface area (Å²) in [5, 5.41) is 11.9. The number of amides is 1. The topological polar surface area (TPSA) is 113 Å². The molecule has 8 nitrogen and oxygen atoms in total. The molecule has 10 heteroatoms. The highest BCUT2D eigenvalue weighted by atomic mass is 32.2. The van der Waals surface area contributed by atoms with Gasteiger partial charge in [-0.3, -0.25) is 9.59 Å². The molecule has 2 heterocycles. The first-order chi connectivity index (χ1) is 11.2. The van der Waals surface area contributed by atoms with Crippen LogP contribution in [0.1, 0.15) is 0 Å². The number of sulfonamides is 1. The van der Waals surface area contributed by atoms with Crippen LogP contribution in [0.15, 0.2) is 23.1 Å². The van der Waals surface area contributed by atoms with E-state index in [1.54, 1.807) is 0 Å². The van der Waals surface area contributed by atoms with Crippen molar-refractivity contribution in [3.05, 3.63) is 24.0 Å². The van der Waals surface area contributed by atoms with Gasteiger partial charge in [-0.2, -0.15) is 4.31 Å². The van der Waals surface area contributed by atoms with E-state index in [1.807, 2.05) is 0 Å². The molecule has 2 atom stereocenters. The molecule has 0 bridgehead atoms. The van der Waals surface area contributed by atoms with Crippen LogP contribution in [0.5, 0.6) is 5.75 Å². The van der Waals surface area contributed by atoms with Crippen molar-refractivity contribution >= 4 is 21.9 Å². The van der Waals surface area contributed by atoms with Crippen molar-refractivity contribution < 1.29 is 32.2 Å². The molecule has 0 aliphatic carbocycles. The van der Waals surface area contributed by atoms with E-state index in [-0.39, 0.29) is 30.3 Å². The minimum Gasteiger partial charge on any atom is -0.494 e. The highest BCUT2D eigenvalue weighted by molar-refractivity contribution is 7.89. The van der Waals surface area contributed by atoms with Crippen molar-refractivity contribution in [1.29, 1.82) is 0 Å². The molecular formula is C14H15FN2O6S. The van der Waals surface area contributed by atoms with E-state index in [4.69, 9.17) is 4.74 Å². The second-order valence-corrected chi connectivity index (χ2v) is 7.76. The second kappa shape index (κ2) is 5.42.